The van der Waals surface area contributed by atoms with Crippen LogP contribution in [0.2, 0.25) is 0 Å². The molecule has 162 valence electrons. The van der Waals surface area contributed by atoms with Gasteiger partial charge in [0, 0.05) is 31.7 Å². The lowest BCUT2D eigenvalue weighted by Gasteiger charge is -2.12. The van der Waals surface area contributed by atoms with Gasteiger partial charge in [-0.05, 0) is 49.5 Å². The van der Waals surface area contributed by atoms with Crippen molar-refractivity contribution in [2.75, 3.05) is 27.2 Å². The number of urea groups is 1. The Kier molecular flexibility index (Phi) is 8.23. The highest BCUT2D eigenvalue weighted by atomic mass is 19.4. The first kappa shape index (κ1) is 23.2. The fourth-order valence-corrected chi connectivity index (χ4v) is 2.60. The largest absolute Gasteiger partial charge is 0.416 e. The third kappa shape index (κ3) is 7.75. The van der Waals surface area contributed by atoms with Crippen molar-refractivity contribution < 1.29 is 22.8 Å². The third-order valence-electron chi connectivity index (χ3n) is 4.19. The van der Waals surface area contributed by atoms with Crippen LogP contribution in [0.1, 0.15) is 27.0 Å². The molecule has 3 N–H and O–H groups in total. The summed E-state index contributed by atoms with van der Waals surface area (Å²) in [6.07, 6.45) is -4.43. The van der Waals surface area contributed by atoms with Gasteiger partial charge in [0.25, 0.3) is 5.91 Å². The van der Waals surface area contributed by atoms with Crippen molar-refractivity contribution in [1.29, 1.82) is 0 Å². The molecule has 30 heavy (non-hydrogen) atoms. The Morgan fingerprint density at radius 1 is 0.900 bits per heavy atom. The van der Waals surface area contributed by atoms with Gasteiger partial charge in [-0.15, -0.1) is 0 Å². The maximum Gasteiger partial charge on any atom is 0.416 e. The van der Waals surface area contributed by atoms with Crippen LogP contribution in [-0.2, 0) is 19.3 Å². The number of likely N-dealkylation sites (N-methyl/N-ethyl adjacent to an activating group) is 1. The molecule has 0 spiro atoms. The van der Waals surface area contributed by atoms with Gasteiger partial charge in [0.2, 0.25) is 0 Å². The molecule has 0 aliphatic heterocycles. The first-order valence-electron chi connectivity index (χ1n) is 9.35. The first-order chi connectivity index (χ1) is 14.1. The average Bonchev–Trinajstić information content (AvgIpc) is 2.70. The molecule has 0 aliphatic rings. The number of halogens is 3. The van der Waals surface area contributed by atoms with Crippen LogP contribution in [0.4, 0.5) is 18.0 Å². The molecule has 6 nitrogen and oxygen atoms in total. The number of hydrogen-bond acceptors (Lipinski definition) is 3. The lowest BCUT2D eigenvalue weighted by molar-refractivity contribution is -0.137. The molecular formula is C21H25F3N4O2. The molecule has 0 aromatic heterocycles. The van der Waals surface area contributed by atoms with Crippen LogP contribution >= 0.6 is 0 Å². The van der Waals surface area contributed by atoms with Gasteiger partial charge in [0.05, 0.1) is 5.56 Å². The third-order valence-corrected chi connectivity index (χ3v) is 4.19. The lowest BCUT2D eigenvalue weighted by atomic mass is 10.1. The fraction of sp³-hybridized carbons (Fsp3) is 0.333. The molecular weight excluding hydrogens is 397 g/mol. The highest BCUT2D eigenvalue weighted by molar-refractivity contribution is 5.94. The van der Waals surface area contributed by atoms with E-state index in [-0.39, 0.29) is 19.0 Å². The summed E-state index contributed by atoms with van der Waals surface area (Å²) >= 11 is 0. The van der Waals surface area contributed by atoms with E-state index in [1.54, 1.807) is 24.3 Å². The van der Waals surface area contributed by atoms with Crippen molar-refractivity contribution >= 4 is 11.9 Å². The van der Waals surface area contributed by atoms with Gasteiger partial charge in [0.15, 0.2) is 0 Å². The Balaban J connectivity index is 1.83. The second-order valence-corrected chi connectivity index (χ2v) is 6.99. The van der Waals surface area contributed by atoms with Crippen molar-refractivity contribution in [1.82, 2.24) is 20.9 Å². The molecule has 0 heterocycles. The molecule has 0 unspecified atom stereocenters. The summed E-state index contributed by atoms with van der Waals surface area (Å²) in [5, 5.41) is 7.97. The monoisotopic (exact) mass is 422 g/mol. The Morgan fingerprint density at radius 2 is 1.50 bits per heavy atom. The topological polar surface area (TPSA) is 73.5 Å². The van der Waals surface area contributed by atoms with E-state index in [1.165, 1.54) is 12.1 Å². The highest BCUT2D eigenvalue weighted by Gasteiger charge is 2.30. The van der Waals surface area contributed by atoms with Crippen LogP contribution in [-0.4, -0.2) is 44.0 Å². The van der Waals surface area contributed by atoms with Crippen LogP contribution in [0.25, 0.3) is 0 Å². The maximum atomic E-state index is 12.7. The molecule has 0 atom stereocenters. The smallest absolute Gasteiger partial charge is 0.351 e. The van der Waals surface area contributed by atoms with E-state index in [2.05, 4.69) is 16.0 Å². The zero-order valence-electron chi connectivity index (χ0n) is 16.8. The van der Waals surface area contributed by atoms with Crippen molar-refractivity contribution in [2.45, 2.75) is 19.3 Å². The predicted octanol–water partition coefficient (Wildman–Crippen LogP) is 3.00. The summed E-state index contributed by atoms with van der Waals surface area (Å²) in [5.74, 6) is -0.201. The van der Waals surface area contributed by atoms with Crippen molar-refractivity contribution in [3.8, 4) is 0 Å². The van der Waals surface area contributed by atoms with Gasteiger partial charge in [0.1, 0.15) is 0 Å². The number of alkyl halides is 3. The molecule has 2 rings (SSSR count). The minimum Gasteiger partial charge on any atom is -0.351 e. The Hall–Kier alpha value is -3.07. The number of nitrogens with zero attached hydrogens (tertiary/aromatic N) is 1. The van der Waals surface area contributed by atoms with Crippen LogP contribution in [0.3, 0.4) is 0 Å². The summed E-state index contributed by atoms with van der Waals surface area (Å²) in [4.78, 5) is 26.1. The van der Waals surface area contributed by atoms with Gasteiger partial charge < -0.3 is 20.9 Å². The van der Waals surface area contributed by atoms with E-state index in [0.717, 1.165) is 24.2 Å². The highest BCUT2D eigenvalue weighted by Crippen LogP contribution is 2.29. The van der Waals surface area contributed by atoms with Gasteiger partial charge in [-0.2, -0.15) is 13.2 Å². The number of carbonyl (C=O) groups is 2. The molecule has 3 amide bonds. The summed E-state index contributed by atoms with van der Waals surface area (Å²) in [6, 6.07) is 11.1. The van der Waals surface area contributed by atoms with Crippen molar-refractivity contribution in [3.05, 3.63) is 70.8 Å². The minimum atomic E-state index is -4.43. The molecule has 2 aromatic carbocycles. The van der Waals surface area contributed by atoms with Gasteiger partial charge in [-0.25, -0.2) is 4.79 Å². The normalized spacial score (nSPS) is 11.3. The van der Waals surface area contributed by atoms with E-state index in [9.17, 15) is 22.8 Å². The maximum absolute atomic E-state index is 12.7. The van der Waals surface area contributed by atoms with Gasteiger partial charge >= 0.3 is 12.2 Å². The number of hydrogen-bond donors (Lipinski definition) is 3. The quantitative estimate of drug-likeness (QED) is 0.612. The number of amides is 3. The van der Waals surface area contributed by atoms with E-state index in [4.69, 9.17) is 0 Å². The zero-order valence-corrected chi connectivity index (χ0v) is 16.8. The summed E-state index contributed by atoms with van der Waals surface area (Å²) < 4.78 is 38.2. The number of nitrogens with one attached hydrogen (secondary N) is 3. The SMILES string of the molecule is CN(C)CCNC(=O)c1cccc(CNC(=O)NCc2cccc(C(F)(F)F)c2)c1. The molecule has 0 fully saturated rings. The van der Waals surface area contributed by atoms with Crippen LogP contribution in [0, 0.1) is 0 Å². The van der Waals surface area contributed by atoms with E-state index in [0.29, 0.717) is 17.7 Å². The van der Waals surface area contributed by atoms with Crippen molar-refractivity contribution in [2.24, 2.45) is 0 Å². The molecule has 2 aromatic rings. The zero-order chi connectivity index (χ0) is 22.1. The average molecular weight is 422 g/mol. The Morgan fingerprint density at radius 3 is 2.10 bits per heavy atom. The van der Waals surface area contributed by atoms with Gasteiger partial charge in [-0.1, -0.05) is 24.3 Å². The molecule has 0 radical (unpaired) electrons. The molecule has 0 bridgehead atoms. The number of benzene rings is 2. The van der Waals surface area contributed by atoms with Crippen LogP contribution in [0.15, 0.2) is 48.5 Å². The molecule has 0 aliphatic carbocycles. The Labute approximate surface area is 173 Å². The molecule has 0 saturated carbocycles. The second-order valence-electron chi connectivity index (χ2n) is 6.99. The summed E-state index contributed by atoms with van der Waals surface area (Å²) in [5.41, 5.74) is 0.793. The number of rotatable bonds is 8. The summed E-state index contributed by atoms with van der Waals surface area (Å²) in [6.45, 7) is 1.38. The summed E-state index contributed by atoms with van der Waals surface area (Å²) in [7, 11) is 3.83. The second kappa shape index (κ2) is 10.6. The number of carbonyl (C=O) groups excluding carboxylic acids is 2. The van der Waals surface area contributed by atoms with Crippen molar-refractivity contribution in [3.63, 3.8) is 0 Å². The van der Waals surface area contributed by atoms with Crippen LogP contribution < -0.4 is 16.0 Å². The van der Waals surface area contributed by atoms with Crippen LogP contribution in [0.5, 0.6) is 0 Å². The minimum absolute atomic E-state index is 0.0376. The Bertz CT molecular complexity index is 869. The first-order valence-corrected chi connectivity index (χ1v) is 9.35. The molecule has 0 saturated heterocycles. The van der Waals surface area contributed by atoms with E-state index >= 15 is 0 Å². The fourth-order valence-electron chi connectivity index (χ4n) is 2.60. The van der Waals surface area contributed by atoms with E-state index in [1.807, 2.05) is 19.0 Å². The predicted molar refractivity (Wildman–Crippen MR) is 108 cm³/mol. The molecule has 9 heteroatoms. The van der Waals surface area contributed by atoms with Gasteiger partial charge in [-0.3, -0.25) is 4.79 Å². The van der Waals surface area contributed by atoms with E-state index < -0.39 is 17.8 Å². The standard InChI is InChI=1S/C21H25F3N4O2/c1-28(2)10-9-25-19(29)17-7-3-5-15(11-17)13-26-20(30)27-14-16-6-4-8-18(12-16)21(22,23)24/h3-8,11-12H,9-10,13-14H2,1-2H3,(H,25,29)(H2,26,27,30). The lowest BCUT2D eigenvalue weighted by Crippen LogP contribution is -2.34.